The highest BCUT2D eigenvalue weighted by Crippen LogP contribution is 2.31. The first-order valence-electron chi connectivity index (χ1n) is 13.6. The third-order valence-electron chi connectivity index (χ3n) is 8.00. The van der Waals surface area contributed by atoms with E-state index in [9.17, 15) is 4.79 Å². The highest BCUT2D eigenvalue weighted by molar-refractivity contribution is 6.33. The molecule has 0 radical (unpaired) electrons. The second-order valence-electron chi connectivity index (χ2n) is 10.3. The van der Waals surface area contributed by atoms with E-state index < -0.39 is 5.76 Å². The molecule has 11 heteroatoms. The number of imidazole rings is 1. The summed E-state index contributed by atoms with van der Waals surface area (Å²) in [5.74, 6) is 1.44. The first-order chi connectivity index (χ1) is 19.1. The van der Waals surface area contributed by atoms with Crippen LogP contribution >= 0.6 is 11.6 Å². The van der Waals surface area contributed by atoms with Crippen molar-refractivity contribution in [2.24, 2.45) is 0 Å². The second kappa shape index (κ2) is 11.3. The minimum Gasteiger partial charge on any atom is -0.388 e. The summed E-state index contributed by atoms with van der Waals surface area (Å²) in [6, 6.07) is 11.0. The molecule has 0 saturated carbocycles. The van der Waals surface area contributed by atoms with Crippen molar-refractivity contribution in [1.82, 2.24) is 34.9 Å². The summed E-state index contributed by atoms with van der Waals surface area (Å²) in [4.78, 5) is 31.1. The van der Waals surface area contributed by atoms with Crippen LogP contribution in [0.3, 0.4) is 0 Å². The molecule has 0 amide bonds. The lowest BCUT2D eigenvalue weighted by Crippen LogP contribution is -2.58. The molecule has 2 saturated heterocycles. The maximum absolute atomic E-state index is 11.5. The van der Waals surface area contributed by atoms with Gasteiger partial charge >= 0.3 is 5.76 Å². The van der Waals surface area contributed by atoms with Crippen LogP contribution in [-0.4, -0.2) is 79.8 Å². The number of hydrogen-bond acceptors (Lipinski definition) is 8. The van der Waals surface area contributed by atoms with Crippen molar-refractivity contribution < 1.29 is 4.42 Å². The molecular weight excluding hydrogens is 516 g/mol. The van der Waals surface area contributed by atoms with E-state index >= 15 is 0 Å². The predicted molar refractivity (Wildman–Crippen MR) is 151 cm³/mol. The lowest BCUT2D eigenvalue weighted by atomic mass is 9.97. The number of benzene rings is 1. The standard InChI is InChI=1S/C28H33ClN8O2/c1-2-21-18-36(26-24(29)15-20(16-32-26)25-30-9-10-31-25)13-14-37(21)22-7-11-35(12-8-22)17-19-5-3-4-6-23(19)27-33-34-28(38)39-27/h3-6,9-10,15-16,21-22H,2,7-8,11-14,17-18H2,1H3,(H,30,31)(H,34,38)/t21-/m0/s1. The Kier molecular flexibility index (Phi) is 7.49. The molecule has 0 spiro atoms. The average molecular weight is 549 g/mol. The lowest BCUT2D eigenvalue weighted by Gasteiger charge is -2.47. The molecule has 1 aromatic carbocycles. The number of H-pyrrole nitrogens is 2. The van der Waals surface area contributed by atoms with Crippen LogP contribution in [0, 0.1) is 0 Å². The number of aromatic amines is 2. The smallest absolute Gasteiger partial charge is 0.388 e. The summed E-state index contributed by atoms with van der Waals surface area (Å²) in [5, 5.41) is 7.06. The van der Waals surface area contributed by atoms with Crippen LogP contribution in [0.5, 0.6) is 0 Å². The number of piperazine rings is 1. The van der Waals surface area contributed by atoms with Crippen molar-refractivity contribution in [3.05, 3.63) is 70.1 Å². The van der Waals surface area contributed by atoms with Crippen molar-refractivity contribution >= 4 is 17.4 Å². The summed E-state index contributed by atoms with van der Waals surface area (Å²) >= 11 is 6.70. The lowest BCUT2D eigenvalue weighted by molar-refractivity contribution is 0.0611. The van der Waals surface area contributed by atoms with Gasteiger partial charge in [-0.2, -0.15) is 0 Å². The van der Waals surface area contributed by atoms with Gasteiger partial charge in [-0.1, -0.05) is 36.7 Å². The Balaban J connectivity index is 1.07. The average Bonchev–Trinajstić information content (AvgIpc) is 3.66. The normalized spacial score (nSPS) is 19.5. The topological polar surface area (TPSA) is 110 Å². The Hall–Kier alpha value is -3.47. The first-order valence-corrected chi connectivity index (χ1v) is 14.0. The Labute approximate surface area is 232 Å². The third-order valence-corrected chi connectivity index (χ3v) is 8.28. The van der Waals surface area contributed by atoms with Gasteiger partial charge in [-0.25, -0.2) is 19.9 Å². The van der Waals surface area contributed by atoms with Crippen LogP contribution in [0.1, 0.15) is 31.7 Å². The van der Waals surface area contributed by atoms with Crippen molar-refractivity contribution in [3.63, 3.8) is 0 Å². The number of likely N-dealkylation sites (tertiary alicyclic amines) is 1. The summed E-state index contributed by atoms with van der Waals surface area (Å²) in [5.41, 5.74) is 2.88. The highest BCUT2D eigenvalue weighted by atomic mass is 35.5. The zero-order chi connectivity index (χ0) is 26.8. The predicted octanol–water partition coefficient (Wildman–Crippen LogP) is 4.03. The number of anilines is 1. The summed E-state index contributed by atoms with van der Waals surface area (Å²) in [6.07, 6.45) is 8.72. The maximum atomic E-state index is 11.5. The number of piperidine rings is 1. The molecule has 4 aromatic rings. The molecule has 1 atom stereocenters. The summed E-state index contributed by atoms with van der Waals surface area (Å²) < 4.78 is 5.22. The molecule has 2 aliphatic heterocycles. The van der Waals surface area contributed by atoms with Gasteiger partial charge in [0.1, 0.15) is 11.6 Å². The monoisotopic (exact) mass is 548 g/mol. The quantitative estimate of drug-likeness (QED) is 0.356. The van der Waals surface area contributed by atoms with E-state index in [0.29, 0.717) is 23.0 Å². The molecule has 0 aliphatic carbocycles. The van der Waals surface area contributed by atoms with Gasteiger partial charge in [-0.3, -0.25) is 9.80 Å². The van der Waals surface area contributed by atoms with Gasteiger partial charge in [-0.15, -0.1) is 5.10 Å². The number of pyridine rings is 1. The van der Waals surface area contributed by atoms with E-state index in [-0.39, 0.29) is 0 Å². The molecule has 10 nitrogen and oxygen atoms in total. The molecule has 2 aliphatic rings. The summed E-state index contributed by atoms with van der Waals surface area (Å²) in [7, 11) is 0. The van der Waals surface area contributed by atoms with Crippen molar-refractivity contribution in [3.8, 4) is 22.8 Å². The van der Waals surface area contributed by atoms with Gasteiger partial charge < -0.3 is 14.3 Å². The van der Waals surface area contributed by atoms with Gasteiger partial charge in [-0.05, 0) is 50.0 Å². The van der Waals surface area contributed by atoms with Crippen LogP contribution in [0.4, 0.5) is 5.82 Å². The van der Waals surface area contributed by atoms with Crippen LogP contribution in [0.15, 0.2) is 58.1 Å². The van der Waals surface area contributed by atoms with E-state index in [4.69, 9.17) is 21.0 Å². The van der Waals surface area contributed by atoms with Gasteiger partial charge in [0.2, 0.25) is 5.89 Å². The van der Waals surface area contributed by atoms with Crippen LogP contribution < -0.4 is 10.7 Å². The first kappa shape index (κ1) is 25.8. The van der Waals surface area contributed by atoms with Gasteiger partial charge in [0.25, 0.3) is 0 Å². The minimum absolute atomic E-state index is 0.347. The third kappa shape index (κ3) is 5.50. The molecule has 0 unspecified atom stereocenters. The fourth-order valence-electron chi connectivity index (χ4n) is 5.98. The largest absolute Gasteiger partial charge is 0.434 e. The van der Waals surface area contributed by atoms with Gasteiger partial charge in [0.15, 0.2) is 0 Å². The summed E-state index contributed by atoms with van der Waals surface area (Å²) in [6.45, 7) is 7.97. The number of rotatable bonds is 7. The Bertz CT molecular complexity index is 1440. The fourth-order valence-corrected chi connectivity index (χ4v) is 6.27. The number of nitrogens with zero attached hydrogens (tertiary/aromatic N) is 6. The van der Waals surface area contributed by atoms with Crippen LogP contribution in [0.2, 0.25) is 5.02 Å². The van der Waals surface area contributed by atoms with Crippen molar-refractivity contribution in [1.29, 1.82) is 0 Å². The minimum atomic E-state index is -0.532. The van der Waals surface area contributed by atoms with Crippen molar-refractivity contribution in [2.75, 3.05) is 37.6 Å². The van der Waals surface area contributed by atoms with E-state index in [0.717, 1.165) is 86.9 Å². The SMILES string of the molecule is CC[C@H]1CN(c2ncc(-c3ncc[nH]3)cc2Cl)CCN1C1CCN(Cc2ccccc2-c2n[nH]c(=O)o2)CC1. The molecule has 39 heavy (non-hydrogen) atoms. The van der Waals surface area contributed by atoms with E-state index in [1.165, 1.54) is 0 Å². The Morgan fingerprint density at radius 1 is 1.13 bits per heavy atom. The fraction of sp³-hybridized carbons (Fsp3) is 0.429. The molecule has 204 valence electrons. The number of aromatic nitrogens is 5. The molecule has 5 heterocycles. The molecule has 6 rings (SSSR count). The Morgan fingerprint density at radius 2 is 1.97 bits per heavy atom. The maximum Gasteiger partial charge on any atom is 0.434 e. The number of hydrogen-bond donors (Lipinski definition) is 2. The number of halogens is 1. The zero-order valence-corrected chi connectivity index (χ0v) is 22.8. The zero-order valence-electron chi connectivity index (χ0n) is 22.0. The molecule has 2 fully saturated rings. The highest BCUT2D eigenvalue weighted by Gasteiger charge is 2.34. The van der Waals surface area contributed by atoms with E-state index in [2.05, 4.69) is 47.9 Å². The van der Waals surface area contributed by atoms with E-state index in [1.807, 2.05) is 30.5 Å². The van der Waals surface area contributed by atoms with Crippen LogP contribution in [-0.2, 0) is 6.54 Å². The molecule has 2 N–H and O–H groups in total. The van der Waals surface area contributed by atoms with Gasteiger partial charge in [0, 0.05) is 68.0 Å². The molecule has 0 bridgehead atoms. The number of nitrogens with one attached hydrogen (secondary N) is 2. The molecular formula is C28H33ClN8O2. The van der Waals surface area contributed by atoms with Crippen LogP contribution in [0.25, 0.3) is 22.8 Å². The second-order valence-corrected chi connectivity index (χ2v) is 10.7. The van der Waals surface area contributed by atoms with E-state index in [1.54, 1.807) is 12.4 Å². The van der Waals surface area contributed by atoms with Gasteiger partial charge in [0.05, 0.1) is 5.02 Å². The van der Waals surface area contributed by atoms with Crippen molar-refractivity contribution in [2.45, 2.75) is 44.8 Å². The Morgan fingerprint density at radius 3 is 2.69 bits per heavy atom. The molecule has 3 aromatic heterocycles.